The molecule has 0 saturated heterocycles. The normalized spacial score (nSPS) is 15.6. The third-order valence-corrected chi connectivity index (χ3v) is 3.64. The standard InChI is InChI=1S/C16H24O2/c1-5-10-16(2,3)12-6-9-14(15(11-12)17-4)18-13-7-8-13/h6,9,11,13H,5,7-8,10H2,1-4H3. The van der Waals surface area contributed by atoms with Crippen LogP contribution in [0.2, 0.25) is 0 Å². The molecule has 1 aliphatic rings. The molecule has 1 fully saturated rings. The van der Waals surface area contributed by atoms with Crippen molar-refractivity contribution in [3.63, 3.8) is 0 Å². The number of ether oxygens (including phenoxy) is 2. The van der Waals surface area contributed by atoms with Gasteiger partial charge in [-0.15, -0.1) is 0 Å². The maximum Gasteiger partial charge on any atom is 0.161 e. The lowest BCUT2D eigenvalue weighted by molar-refractivity contribution is 0.281. The molecular formula is C16H24O2. The number of rotatable bonds is 6. The van der Waals surface area contributed by atoms with Gasteiger partial charge in [0.2, 0.25) is 0 Å². The highest BCUT2D eigenvalue weighted by Crippen LogP contribution is 2.38. The Hall–Kier alpha value is -1.18. The van der Waals surface area contributed by atoms with Gasteiger partial charge >= 0.3 is 0 Å². The van der Waals surface area contributed by atoms with E-state index in [4.69, 9.17) is 9.47 Å². The Kier molecular flexibility index (Phi) is 3.84. The monoisotopic (exact) mass is 248 g/mol. The van der Waals surface area contributed by atoms with Gasteiger partial charge in [0.1, 0.15) is 0 Å². The molecule has 0 bridgehead atoms. The van der Waals surface area contributed by atoms with E-state index < -0.39 is 0 Å². The van der Waals surface area contributed by atoms with Crippen LogP contribution in [0.4, 0.5) is 0 Å². The molecule has 100 valence electrons. The number of benzene rings is 1. The number of methoxy groups -OCH3 is 1. The lowest BCUT2D eigenvalue weighted by Gasteiger charge is -2.25. The summed E-state index contributed by atoms with van der Waals surface area (Å²) in [7, 11) is 1.71. The van der Waals surface area contributed by atoms with E-state index in [2.05, 4.69) is 39.0 Å². The Morgan fingerprint density at radius 3 is 2.50 bits per heavy atom. The molecule has 0 aliphatic heterocycles. The summed E-state index contributed by atoms with van der Waals surface area (Å²) < 4.78 is 11.3. The molecule has 0 N–H and O–H groups in total. The van der Waals surface area contributed by atoms with Crippen molar-refractivity contribution in [2.24, 2.45) is 0 Å². The predicted molar refractivity (Wildman–Crippen MR) is 74.6 cm³/mol. The molecule has 18 heavy (non-hydrogen) atoms. The van der Waals surface area contributed by atoms with E-state index in [9.17, 15) is 0 Å². The average molecular weight is 248 g/mol. The lowest BCUT2D eigenvalue weighted by Crippen LogP contribution is -2.16. The maximum absolute atomic E-state index is 5.85. The topological polar surface area (TPSA) is 18.5 Å². The van der Waals surface area contributed by atoms with Crippen LogP contribution < -0.4 is 9.47 Å². The van der Waals surface area contributed by atoms with Gasteiger partial charge in [0.25, 0.3) is 0 Å². The van der Waals surface area contributed by atoms with Crippen molar-refractivity contribution in [3.8, 4) is 11.5 Å². The van der Waals surface area contributed by atoms with E-state index in [1.807, 2.05) is 0 Å². The Morgan fingerprint density at radius 1 is 1.22 bits per heavy atom. The molecule has 1 aromatic carbocycles. The largest absolute Gasteiger partial charge is 0.493 e. The van der Waals surface area contributed by atoms with Crippen molar-refractivity contribution in [2.75, 3.05) is 7.11 Å². The first-order valence-electron chi connectivity index (χ1n) is 6.92. The van der Waals surface area contributed by atoms with Crippen molar-refractivity contribution in [1.82, 2.24) is 0 Å². The second-order valence-electron chi connectivity index (χ2n) is 5.82. The van der Waals surface area contributed by atoms with Gasteiger partial charge in [0.15, 0.2) is 11.5 Å². The first-order chi connectivity index (χ1) is 8.56. The zero-order valence-electron chi connectivity index (χ0n) is 12.0. The third-order valence-electron chi connectivity index (χ3n) is 3.64. The van der Waals surface area contributed by atoms with Gasteiger partial charge in [0.05, 0.1) is 13.2 Å². The molecule has 2 rings (SSSR count). The molecule has 2 nitrogen and oxygen atoms in total. The third kappa shape index (κ3) is 2.98. The minimum Gasteiger partial charge on any atom is -0.493 e. The Labute approximate surface area is 110 Å². The van der Waals surface area contributed by atoms with Crippen LogP contribution in [0.5, 0.6) is 11.5 Å². The minimum atomic E-state index is 0.195. The molecule has 0 amide bonds. The molecule has 1 aromatic rings. The van der Waals surface area contributed by atoms with E-state index in [-0.39, 0.29) is 5.41 Å². The van der Waals surface area contributed by atoms with Crippen molar-refractivity contribution in [1.29, 1.82) is 0 Å². The van der Waals surface area contributed by atoms with E-state index in [1.165, 1.54) is 31.2 Å². The molecule has 0 atom stereocenters. The quantitative estimate of drug-likeness (QED) is 0.746. The van der Waals surface area contributed by atoms with Gasteiger partial charge in [-0.05, 0) is 42.4 Å². The van der Waals surface area contributed by atoms with Crippen molar-refractivity contribution in [3.05, 3.63) is 23.8 Å². The molecule has 0 heterocycles. The highest BCUT2D eigenvalue weighted by molar-refractivity contribution is 5.45. The molecule has 1 saturated carbocycles. The number of hydrogen-bond donors (Lipinski definition) is 0. The Bertz CT molecular complexity index is 406. The molecule has 0 radical (unpaired) electrons. The zero-order chi connectivity index (χ0) is 13.2. The van der Waals surface area contributed by atoms with E-state index in [0.29, 0.717) is 6.10 Å². The van der Waals surface area contributed by atoms with Gasteiger partial charge in [-0.2, -0.15) is 0 Å². The van der Waals surface area contributed by atoms with Crippen LogP contribution in [-0.4, -0.2) is 13.2 Å². The average Bonchev–Trinajstić information content (AvgIpc) is 3.13. The van der Waals surface area contributed by atoms with Crippen molar-refractivity contribution < 1.29 is 9.47 Å². The summed E-state index contributed by atoms with van der Waals surface area (Å²) in [4.78, 5) is 0. The van der Waals surface area contributed by atoms with Crippen LogP contribution >= 0.6 is 0 Å². The summed E-state index contributed by atoms with van der Waals surface area (Å²) >= 11 is 0. The fraction of sp³-hybridized carbons (Fsp3) is 0.625. The summed E-state index contributed by atoms with van der Waals surface area (Å²) in [6.07, 6.45) is 5.13. The summed E-state index contributed by atoms with van der Waals surface area (Å²) in [5, 5.41) is 0. The van der Waals surface area contributed by atoms with E-state index in [0.717, 1.165) is 11.5 Å². The highest BCUT2D eigenvalue weighted by atomic mass is 16.5. The maximum atomic E-state index is 5.85. The van der Waals surface area contributed by atoms with Crippen molar-refractivity contribution >= 4 is 0 Å². The van der Waals surface area contributed by atoms with Crippen LogP contribution in [0.1, 0.15) is 52.0 Å². The molecule has 0 aromatic heterocycles. The van der Waals surface area contributed by atoms with Gasteiger partial charge in [-0.25, -0.2) is 0 Å². The molecule has 0 unspecified atom stereocenters. The van der Waals surface area contributed by atoms with Crippen molar-refractivity contribution in [2.45, 2.75) is 58.0 Å². The second kappa shape index (κ2) is 5.21. The number of hydrogen-bond acceptors (Lipinski definition) is 2. The van der Waals surface area contributed by atoms with Crippen LogP contribution in [-0.2, 0) is 5.41 Å². The Morgan fingerprint density at radius 2 is 1.94 bits per heavy atom. The van der Waals surface area contributed by atoms with Gasteiger partial charge < -0.3 is 9.47 Å². The van der Waals surface area contributed by atoms with Gasteiger partial charge in [0, 0.05) is 0 Å². The summed E-state index contributed by atoms with van der Waals surface area (Å²) in [5.41, 5.74) is 1.52. The molecule has 2 heteroatoms. The lowest BCUT2D eigenvalue weighted by atomic mass is 9.80. The predicted octanol–water partition coefficient (Wildman–Crippen LogP) is 4.31. The highest BCUT2D eigenvalue weighted by Gasteiger charge is 2.26. The molecule has 1 aliphatic carbocycles. The first-order valence-corrected chi connectivity index (χ1v) is 6.92. The molecular weight excluding hydrogens is 224 g/mol. The smallest absolute Gasteiger partial charge is 0.161 e. The zero-order valence-corrected chi connectivity index (χ0v) is 12.0. The minimum absolute atomic E-state index is 0.195. The van der Waals surface area contributed by atoms with E-state index in [1.54, 1.807) is 7.11 Å². The molecule has 0 spiro atoms. The summed E-state index contributed by atoms with van der Waals surface area (Å²) in [6.45, 7) is 6.79. The second-order valence-corrected chi connectivity index (χ2v) is 5.82. The fourth-order valence-electron chi connectivity index (χ4n) is 2.32. The Balaban J connectivity index is 2.22. The van der Waals surface area contributed by atoms with Crippen LogP contribution in [0.3, 0.4) is 0 Å². The van der Waals surface area contributed by atoms with Gasteiger partial charge in [-0.1, -0.05) is 33.3 Å². The van der Waals surface area contributed by atoms with Gasteiger partial charge in [-0.3, -0.25) is 0 Å². The SMILES string of the molecule is CCCC(C)(C)c1ccc(OC2CC2)c(OC)c1. The van der Waals surface area contributed by atoms with E-state index >= 15 is 0 Å². The summed E-state index contributed by atoms with van der Waals surface area (Å²) in [6, 6.07) is 6.37. The summed E-state index contributed by atoms with van der Waals surface area (Å²) in [5.74, 6) is 1.75. The van der Waals surface area contributed by atoms with Crippen LogP contribution in [0.25, 0.3) is 0 Å². The van der Waals surface area contributed by atoms with Crippen LogP contribution in [0, 0.1) is 0 Å². The fourth-order valence-corrected chi connectivity index (χ4v) is 2.32. The first kappa shape index (κ1) is 13.3. The van der Waals surface area contributed by atoms with Crippen LogP contribution in [0.15, 0.2) is 18.2 Å².